The number of benzene rings is 1. The topological polar surface area (TPSA) is 55.1 Å². The molecular weight excluding hydrogens is 248 g/mol. The predicted molar refractivity (Wildman–Crippen MR) is 73.8 cm³/mol. The van der Waals surface area contributed by atoms with Crippen molar-refractivity contribution in [2.24, 2.45) is 5.73 Å². The molecule has 0 aliphatic heterocycles. The third kappa shape index (κ3) is 3.47. The van der Waals surface area contributed by atoms with E-state index in [1.165, 1.54) is 6.42 Å². The van der Waals surface area contributed by atoms with Crippen molar-refractivity contribution >= 4 is 17.5 Å². The van der Waals surface area contributed by atoms with E-state index in [2.05, 4.69) is 5.32 Å². The van der Waals surface area contributed by atoms with Crippen molar-refractivity contribution in [2.45, 2.75) is 44.2 Å². The number of rotatable bonds is 2. The minimum atomic E-state index is -0.0835. The summed E-state index contributed by atoms with van der Waals surface area (Å²) >= 11 is 5.88. The van der Waals surface area contributed by atoms with E-state index >= 15 is 0 Å². The molecule has 0 aromatic heterocycles. The van der Waals surface area contributed by atoms with Crippen LogP contribution in [0.5, 0.6) is 0 Å². The van der Waals surface area contributed by atoms with Crippen LogP contribution < -0.4 is 11.1 Å². The fourth-order valence-corrected chi connectivity index (χ4v) is 2.59. The second-order valence-electron chi connectivity index (χ2n) is 4.89. The fourth-order valence-electron chi connectivity index (χ4n) is 2.40. The molecule has 1 aromatic rings. The van der Waals surface area contributed by atoms with Crippen LogP contribution in [0.25, 0.3) is 0 Å². The van der Waals surface area contributed by atoms with Crippen LogP contribution in [0.1, 0.15) is 42.5 Å². The van der Waals surface area contributed by atoms with Crippen molar-refractivity contribution in [3.8, 4) is 0 Å². The van der Waals surface area contributed by atoms with E-state index in [0.717, 1.165) is 25.7 Å². The van der Waals surface area contributed by atoms with Crippen molar-refractivity contribution in [3.63, 3.8) is 0 Å². The van der Waals surface area contributed by atoms with Gasteiger partial charge in [0.1, 0.15) is 0 Å². The Bertz CT molecular complexity index is 422. The Morgan fingerprint density at radius 3 is 2.83 bits per heavy atom. The lowest BCUT2D eigenvalue weighted by Crippen LogP contribution is -2.46. The van der Waals surface area contributed by atoms with Crippen LogP contribution in [-0.4, -0.2) is 18.0 Å². The molecule has 1 aliphatic carbocycles. The van der Waals surface area contributed by atoms with Crippen molar-refractivity contribution in [2.75, 3.05) is 0 Å². The molecule has 18 heavy (non-hydrogen) atoms. The molecule has 1 aliphatic rings. The molecular formula is C14H19ClN2O. The molecule has 3 nitrogen and oxygen atoms in total. The summed E-state index contributed by atoms with van der Waals surface area (Å²) in [6.07, 6.45) is 5.45. The maximum Gasteiger partial charge on any atom is 0.251 e. The Labute approximate surface area is 113 Å². The second kappa shape index (κ2) is 6.21. The van der Waals surface area contributed by atoms with E-state index in [0.29, 0.717) is 10.6 Å². The lowest BCUT2D eigenvalue weighted by Gasteiger charge is -2.22. The monoisotopic (exact) mass is 266 g/mol. The number of amides is 1. The molecule has 2 rings (SSSR count). The van der Waals surface area contributed by atoms with Gasteiger partial charge in [-0.1, -0.05) is 36.9 Å². The summed E-state index contributed by atoms with van der Waals surface area (Å²) in [5.74, 6) is -0.0835. The second-order valence-corrected chi connectivity index (χ2v) is 5.33. The highest BCUT2D eigenvalue weighted by atomic mass is 35.5. The minimum Gasteiger partial charge on any atom is -0.348 e. The molecule has 0 spiro atoms. The molecule has 0 bridgehead atoms. The van der Waals surface area contributed by atoms with Crippen LogP contribution in [0, 0.1) is 0 Å². The number of hydrogen-bond acceptors (Lipinski definition) is 2. The van der Waals surface area contributed by atoms with Crippen LogP contribution in [0.2, 0.25) is 5.02 Å². The zero-order valence-corrected chi connectivity index (χ0v) is 11.1. The van der Waals surface area contributed by atoms with Crippen molar-refractivity contribution in [3.05, 3.63) is 34.9 Å². The molecule has 1 saturated carbocycles. The van der Waals surface area contributed by atoms with E-state index in [-0.39, 0.29) is 18.0 Å². The van der Waals surface area contributed by atoms with Gasteiger partial charge >= 0.3 is 0 Å². The van der Waals surface area contributed by atoms with Crippen LogP contribution in [0.3, 0.4) is 0 Å². The zero-order valence-electron chi connectivity index (χ0n) is 10.4. The van der Waals surface area contributed by atoms with Gasteiger partial charge in [-0.3, -0.25) is 4.79 Å². The van der Waals surface area contributed by atoms with Gasteiger partial charge in [0, 0.05) is 22.7 Å². The molecule has 98 valence electrons. The zero-order chi connectivity index (χ0) is 13.0. The van der Waals surface area contributed by atoms with Gasteiger partial charge < -0.3 is 11.1 Å². The Kier molecular flexibility index (Phi) is 4.61. The van der Waals surface area contributed by atoms with Crippen LogP contribution in [-0.2, 0) is 0 Å². The van der Waals surface area contributed by atoms with Crippen molar-refractivity contribution in [1.82, 2.24) is 5.32 Å². The maximum absolute atomic E-state index is 12.1. The molecule has 4 heteroatoms. The molecule has 3 N–H and O–H groups in total. The third-order valence-electron chi connectivity index (χ3n) is 3.47. The predicted octanol–water partition coefficient (Wildman–Crippen LogP) is 2.73. The van der Waals surface area contributed by atoms with Crippen molar-refractivity contribution in [1.29, 1.82) is 0 Å². The average Bonchev–Trinajstić information content (AvgIpc) is 2.55. The van der Waals surface area contributed by atoms with Gasteiger partial charge in [-0.2, -0.15) is 0 Å². The van der Waals surface area contributed by atoms with E-state index in [9.17, 15) is 4.79 Å². The minimum absolute atomic E-state index is 0.0654. The van der Waals surface area contributed by atoms with Gasteiger partial charge in [0.25, 0.3) is 5.91 Å². The summed E-state index contributed by atoms with van der Waals surface area (Å²) in [6.45, 7) is 0. The summed E-state index contributed by atoms with van der Waals surface area (Å²) < 4.78 is 0. The average molecular weight is 267 g/mol. The van der Waals surface area contributed by atoms with Crippen LogP contribution in [0.15, 0.2) is 24.3 Å². The molecule has 1 amide bonds. The molecule has 1 fully saturated rings. The van der Waals surface area contributed by atoms with Gasteiger partial charge in [-0.05, 0) is 31.0 Å². The van der Waals surface area contributed by atoms with Crippen LogP contribution in [0.4, 0.5) is 0 Å². The van der Waals surface area contributed by atoms with Gasteiger partial charge in [0.2, 0.25) is 0 Å². The summed E-state index contributed by atoms with van der Waals surface area (Å²) in [7, 11) is 0. The van der Waals surface area contributed by atoms with Gasteiger partial charge in [0.15, 0.2) is 0 Å². The summed E-state index contributed by atoms with van der Waals surface area (Å²) in [5, 5.41) is 3.61. The van der Waals surface area contributed by atoms with Gasteiger partial charge in [-0.25, -0.2) is 0 Å². The largest absolute Gasteiger partial charge is 0.348 e. The van der Waals surface area contributed by atoms with E-state index in [4.69, 9.17) is 17.3 Å². The number of hydrogen-bond donors (Lipinski definition) is 2. The van der Waals surface area contributed by atoms with Gasteiger partial charge in [-0.15, -0.1) is 0 Å². The number of nitrogens with one attached hydrogen (secondary N) is 1. The maximum atomic E-state index is 12.1. The number of halogens is 1. The molecule has 0 heterocycles. The number of carbonyl (C=O) groups excluding carboxylic acids is 1. The van der Waals surface area contributed by atoms with E-state index < -0.39 is 0 Å². The lowest BCUT2D eigenvalue weighted by atomic mass is 10.0. The molecule has 0 saturated heterocycles. The molecule has 2 atom stereocenters. The first-order valence-electron chi connectivity index (χ1n) is 6.49. The first kappa shape index (κ1) is 13.4. The summed E-state index contributed by atoms with van der Waals surface area (Å²) in [5.41, 5.74) is 6.69. The smallest absolute Gasteiger partial charge is 0.251 e. The summed E-state index contributed by atoms with van der Waals surface area (Å²) in [4.78, 5) is 12.1. The van der Waals surface area contributed by atoms with E-state index in [1.807, 2.05) is 0 Å². The molecule has 1 aromatic carbocycles. The molecule has 0 radical (unpaired) electrons. The first-order valence-corrected chi connectivity index (χ1v) is 6.86. The summed E-state index contributed by atoms with van der Waals surface area (Å²) in [6, 6.07) is 7.14. The highest BCUT2D eigenvalue weighted by Gasteiger charge is 2.22. The Hall–Kier alpha value is -1.06. The standard InChI is InChI=1S/C14H19ClN2O/c15-11-6-4-5-10(9-11)14(18)17-13-8-3-1-2-7-12(13)16/h4-6,9,12-13H,1-3,7-8,16H2,(H,17,18). The number of nitrogens with two attached hydrogens (primary N) is 1. The normalized spacial score (nSPS) is 24.3. The number of carbonyl (C=O) groups is 1. The first-order chi connectivity index (χ1) is 8.66. The Morgan fingerprint density at radius 2 is 2.06 bits per heavy atom. The molecule has 2 unspecified atom stereocenters. The highest BCUT2D eigenvalue weighted by molar-refractivity contribution is 6.30. The SMILES string of the molecule is NC1CCCCCC1NC(=O)c1cccc(Cl)c1. The lowest BCUT2D eigenvalue weighted by molar-refractivity contribution is 0.0929. The van der Waals surface area contributed by atoms with E-state index in [1.54, 1.807) is 24.3 Å². The Balaban J connectivity index is 2.01. The van der Waals surface area contributed by atoms with Gasteiger partial charge in [0.05, 0.1) is 0 Å². The quantitative estimate of drug-likeness (QED) is 0.809. The Morgan fingerprint density at radius 1 is 1.28 bits per heavy atom. The van der Waals surface area contributed by atoms with Crippen LogP contribution >= 0.6 is 11.6 Å². The fraction of sp³-hybridized carbons (Fsp3) is 0.500. The third-order valence-corrected chi connectivity index (χ3v) is 3.71. The van der Waals surface area contributed by atoms with Crippen molar-refractivity contribution < 1.29 is 4.79 Å². The highest BCUT2D eigenvalue weighted by Crippen LogP contribution is 2.17.